The van der Waals surface area contributed by atoms with Crippen molar-refractivity contribution in [1.29, 1.82) is 0 Å². The van der Waals surface area contributed by atoms with Crippen LogP contribution in [-0.4, -0.2) is 32.8 Å². The molecule has 0 atom stereocenters. The molecule has 6 nitrogen and oxygen atoms in total. The average molecular weight is 246 g/mol. The topological polar surface area (TPSA) is 71.2 Å². The molecule has 1 aromatic heterocycles. The predicted molar refractivity (Wildman–Crippen MR) is 66.2 cm³/mol. The maximum absolute atomic E-state index is 11.9. The lowest BCUT2D eigenvalue weighted by atomic mass is 10.2. The molecule has 0 aliphatic heterocycles. The summed E-state index contributed by atoms with van der Waals surface area (Å²) in [5.41, 5.74) is 0.665. The zero-order valence-corrected chi connectivity index (χ0v) is 10.0. The van der Waals surface area contributed by atoms with Gasteiger partial charge in [-0.3, -0.25) is 9.48 Å². The van der Waals surface area contributed by atoms with E-state index >= 15 is 0 Å². The second-order valence-corrected chi connectivity index (χ2v) is 3.88. The van der Waals surface area contributed by atoms with Gasteiger partial charge in [0.25, 0.3) is 0 Å². The molecular weight excluding hydrogens is 232 g/mol. The molecule has 0 fully saturated rings. The Balaban J connectivity index is 1.96. The molecule has 6 heteroatoms. The molecule has 0 aliphatic carbocycles. The van der Waals surface area contributed by atoms with E-state index in [-0.39, 0.29) is 11.7 Å². The summed E-state index contributed by atoms with van der Waals surface area (Å²) in [4.78, 5) is 17.3. The average Bonchev–Trinajstić information content (AvgIpc) is 2.88. The molecule has 18 heavy (non-hydrogen) atoms. The summed E-state index contributed by atoms with van der Waals surface area (Å²) in [6.07, 6.45) is 3.33. The second-order valence-electron chi connectivity index (χ2n) is 3.88. The van der Waals surface area contributed by atoms with Crippen LogP contribution in [0.4, 0.5) is 5.69 Å². The monoisotopic (exact) mass is 246 g/mol. The van der Waals surface area contributed by atoms with Gasteiger partial charge in [0, 0.05) is 25.2 Å². The van der Waals surface area contributed by atoms with Gasteiger partial charge in [-0.15, -0.1) is 0 Å². The van der Waals surface area contributed by atoms with Crippen LogP contribution in [0.2, 0.25) is 0 Å². The van der Waals surface area contributed by atoms with Gasteiger partial charge in [0.05, 0.1) is 6.54 Å². The van der Waals surface area contributed by atoms with Crippen LogP contribution in [0.3, 0.4) is 0 Å². The Hall–Kier alpha value is -2.37. The molecule has 94 valence electrons. The van der Waals surface area contributed by atoms with Crippen molar-refractivity contribution in [3.63, 3.8) is 0 Å². The number of hydrogen-bond donors (Lipinski definition) is 1. The SMILES string of the molecule is CN(C(=O)CCn1cncn1)c1cccc(O)c1. The third-order valence-corrected chi connectivity index (χ3v) is 2.61. The largest absolute Gasteiger partial charge is 0.508 e. The highest BCUT2D eigenvalue weighted by atomic mass is 16.3. The first-order chi connectivity index (χ1) is 8.66. The van der Waals surface area contributed by atoms with Crippen molar-refractivity contribution in [1.82, 2.24) is 14.8 Å². The summed E-state index contributed by atoms with van der Waals surface area (Å²) in [6, 6.07) is 6.59. The third kappa shape index (κ3) is 2.85. The number of aromatic nitrogens is 3. The number of aryl methyl sites for hydroxylation is 1. The Kier molecular flexibility index (Phi) is 3.57. The normalized spacial score (nSPS) is 10.3. The van der Waals surface area contributed by atoms with Crippen molar-refractivity contribution >= 4 is 11.6 Å². The Morgan fingerprint density at radius 1 is 1.50 bits per heavy atom. The van der Waals surface area contributed by atoms with Crippen molar-refractivity contribution in [2.24, 2.45) is 0 Å². The molecule has 0 saturated heterocycles. The number of phenols is 1. The van der Waals surface area contributed by atoms with E-state index in [1.165, 1.54) is 11.2 Å². The molecule has 0 bridgehead atoms. The third-order valence-electron chi connectivity index (χ3n) is 2.61. The fourth-order valence-electron chi connectivity index (χ4n) is 1.57. The minimum atomic E-state index is -0.0453. The molecular formula is C12H14N4O2. The number of phenolic OH excluding ortho intramolecular Hbond substituents is 1. The zero-order valence-electron chi connectivity index (χ0n) is 10.0. The minimum absolute atomic E-state index is 0.0453. The number of anilines is 1. The van der Waals surface area contributed by atoms with Gasteiger partial charge in [0.2, 0.25) is 5.91 Å². The lowest BCUT2D eigenvalue weighted by molar-refractivity contribution is -0.118. The molecule has 2 aromatic rings. The van der Waals surface area contributed by atoms with E-state index in [4.69, 9.17) is 0 Å². The van der Waals surface area contributed by atoms with Gasteiger partial charge in [-0.1, -0.05) is 6.07 Å². The first-order valence-corrected chi connectivity index (χ1v) is 5.55. The number of carbonyl (C=O) groups is 1. The number of benzene rings is 1. The fourth-order valence-corrected chi connectivity index (χ4v) is 1.57. The number of hydrogen-bond acceptors (Lipinski definition) is 4. The summed E-state index contributed by atoms with van der Waals surface area (Å²) in [7, 11) is 1.68. The lowest BCUT2D eigenvalue weighted by Crippen LogP contribution is -2.27. The van der Waals surface area contributed by atoms with Crippen LogP contribution in [0.1, 0.15) is 6.42 Å². The van der Waals surface area contributed by atoms with Gasteiger partial charge >= 0.3 is 0 Å². The van der Waals surface area contributed by atoms with Gasteiger partial charge in [-0.2, -0.15) is 5.10 Å². The quantitative estimate of drug-likeness (QED) is 0.874. The molecule has 0 radical (unpaired) electrons. The zero-order chi connectivity index (χ0) is 13.0. The molecule has 0 saturated carbocycles. The number of amides is 1. The first kappa shape index (κ1) is 12.1. The van der Waals surface area contributed by atoms with Gasteiger partial charge in [0.1, 0.15) is 18.4 Å². The van der Waals surface area contributed by atoms with E-state index in [1.807, 2.05) is 0 Å². The van der Waals surface area contributed by atoms with Crippen molar-refractivity contribution < 1.29 is 9.90 Å². The van der Waals surface area contributed by atoms with Crippen LogP contribution in [0.25, 0.3) is 0 Å². The highest BCUT2D eigenvalue weighted by Crippen LogP contribution is 2.19. The van der Waals surface area contributed by atoms with Crippen LogP contribution in [-0.2, 0) is 11.3 Å². The Labute approximate surface area is 104 Å². The minimum Gasteiger partial charge on any atom is -0.508 e. The van der Waals surface area contributed by atoms with Crippen molar-refractivity contribution in [3.05, 3.63) is 36.9 Å². The highest BCUT2D eigenvalue weighted by molar-refractivity contribution is 5.92. The van der Waals surface area contributed by atoms with Crippen molar-refractivity contribution in [2.75, 3.05) is 11.9 Å². The van der Waals surface area contributed by atoms with Gasteiger partial charge in [0.15, 0.2) is 0 Å². The van der Waals surface area contributed by atoms with E-state index in [2.05, 4.69) is 10.1 Å². The molecule has 1 amide bonds. The van der Waals surface area contributed by atoms with Crippen LogP contribution < -0.4 is 4.90 Å². The lowest BCUT2D eigenvalue weighted by Gasteiger charge is -2.17. The van der Waals surface area contributed by atoms with E-state index < -0.39 is 0 Å². The molecule has 0 unspecified atom stereocenters. The second kappa shape index (κ2) is 5.31. The number of aromatic hydroxyl groups is 1. The summed E-state index contributed by atoms with van der Waals surface area (Å²) < 4.78 is 1.61. The summed E-state index contributed by atoms with van der Waals surface area (Å²) in [6.45, 7) is 0.488. The summed E-state index contributed by atoms with van der Waals surface area (Å²) >= 11 is 0. The Bertz CT molecular complexity index is 525. The molecule has 1 N–H and O–H groups in total. The van der Waals surface area contributed by atoms with E-state index in [1.54, 1.807) is 42.3 Å². The predicted octanol–water partition coefficient (Wildman–Crippen LogP) is 1.04. The number of nitrogens with zero attached hydrogens (tertiary/aromatic N) is 4. The molecule has 1 heterocycles. The number of carbonyl (C=O) groups excluding carboxylic acids is 1. The smallest absolute Gasteiger partial charge is 0.228 e. The fraction of sp³-hybridized carbons (Fsp3) is 0.250. The first-order valence-electron chi connectivity index (χ1n) is 5.55. The summed E-state index contributed by atoms with van der Waals surface area (Å²) in [5, 5.41) is 13.3. The highest BCUT2D eigenvalue weighted by Gasteiger charge is 2.11. The Morgan fingerprint density at radius 3 is 3.00 bits per heavy atom. The van der Waals surface area contributed by atoms with E-state index in [0.29, 0.717) is 18.7 Å². The van der Waals surface area contributed by atoms with E-state index in [9.17, 15) is 9.90 Å². The molecule has 1 aromatic carbocycles. The standard InChI is InChI=1S/C12H14N4O2/c1-15(10-3-2-4-11(17)7-10)12(18)5-6-16-9-13-8-14-16/h2-4,7-9,17H,5-6H2,1H3. The Morgan fingerprint density at radius 2 is 2.33 bits per heavy atom. The van der Waals surface area contributed by atoms with Crippen LogP contribution in [0.15, 0.2) is 36.9 Å². The van der Waals surface area contributed by atoms with E-state index in [0.717, 1.165) is 0 Å². The van der Waals surface area contributed by atoms with Gasteiger partial charge in [-0.25, -0.2) is 4.98 Å². The van der Waals surface area contributed by atoms with Crippen molar-refractivity contribution in [2.45, 2.75) is 13.0 Å². The molecule has 0 aliphatic rings. The van der Waals surface area contributed by atoms with Crippen LogP contribution in [0, 0.1) is 0 Å². The van der Waals surface area contributed by atoms with Crippen molar-refractivity contribution in [3.8, 4) is 5.75 Å². The molecule has 0 spiro atoms. The number of rotatable bonds is 4. The maximum Gasteiger partial charge on any atom is 0.228 e. The molecule has 2 rings (SSSR count). The summed E-state index contributed by atoms with van der Waals surface area (Å²) in [5.74, 6) is 0.0968. The van der Waals surface area contributed by atoms with Gasteiger partial charge in [-0.05, 0) is 12.1 Å². The van der Waals surface area contributed by atoms with Crippen LogP contribution >= 0.6 is 0 Å². The van der Waals surface area contributed by atoms with Gasteiger partial charge < -0.3 is 10.0 Å². The maximum atomic E-state index is 11.9. The van der Waals surface area contributed by atoms with Crippen LogP contribution in [0.5, 0.6) is 5.75 Å².